The summed E-state index contributed by atoms with van der Waals surface area (Å²) >= 11 is 5.21. The molecule has 0 saturated carbocycles. The third-order valence-corrected chi connectivity index (χ3v) is 3.31. The summed E-state index contributed by atoms with van der Waals surface area (Å²) in [6.45, 7) is 0.763. The van der Waals surface area contributed by atoms with Gasteiger partial charge in [-0.05, 0) is 42.8 Å². The molecule has 0 fully saturated rings. The molecule has 118 valence electrons. The number of hydrogen-bond acceptors (Lipinski definition) is 4. The van der Waals surface area contributed by atoms with Crippen LogP contribution in [0.3, 0.4) is 0 Å². The fourth-order valence-corrected chi connectivity index (χ4v) is 2.07. The summed E-state index contributed by atoms with van der Waals surface area (Å²) in [6.07, 6.45) is 3.60. The minimum atomic E-state index is -0.162. The van der Waals surface area contributed by atoms with Crippen molar-refractivity contribution in [1.82, 2.24) is 5.32 Å². The third-order valence-electron chi connectivity index (χ3n) is 3.07. The maximum absolute atomic E-state index is 10.9. The van der Waals surface area contributed by atoms with Gasteiger partial charge in [0.15, 0.2) is 5.11 Å². The van der Waals surface area contributed by atoms with Gasteiger partial charge in [-0.1, -0.05) is 18.6 Å². The summed E-state index contributed by atoms with van der Waals surface area (Å²) in [4.78, 5) is 10.9. The number of thiocarbonyl (C=S) groups is 1. The van der Waals surface area contributed by atoms with Crippen molar-refractivity contribution >= 4 is 29.0 Å². The lowest BCUT2D eigenvalue weighted by Crippen LogP contribution is -2.29. The molecule has 6 heteroatoms. The zero-order valence-corrected chi connectivity index (χ0v) is 13.5. The molecule has 0 heterocycles. The molecule has 0 saturated heterocycles. The molecule has 0 bridgehead atoms. The summed E-state index contributed by atoms with van der Waals surface area (Å²) in [5, 5.41) is 15.4. The van der Waals surface area contributed by atoms with Crippen LogP contribution < -0.4 is 10.6 Å². The van der Waals surface area contributed by atoms with Gasteiger partial charge in [-0.2, -0.15) is 5.26 Å². The normalized spacial score (nSPS) is 9.64. The van der Waals surface area contributed by atoms with E-state index < -0.39 is 0 Å². The van der Waals surface area contributed by atoms with E-state index in [2.05, 4.69) is 21.4 Å². The predicted molar refractivity (Wildman–Crippen MR) is 90.5 cm³/mol. The van der Waals surface area contributed by atoms with Gasteiger partial charge in [0, 0.05) is 18.7 Å². The number of esters is 1. The molecule has 0 aliphatic heterocycles. The Kier molecular flexibility index (Phi) is 8.61. The van der Waals surface area contributed by atoms with Gasteiger partial charge in [0.05, 0.1) is 19.6 Å². The van der Waals surface area contributed by atoms with Crippen LogP contribution in [-0.4, -0.2) is 24.7 Å². The van der Waals surface area contributed by atoms with Crippen molar-refractivity contribution in [2.75, 3.05) is 19.0 Å². The number of rotatable bonds is 8. The zero-order chi connectivity index (χ0) is 16.2. The van der Waals surface area contributed by atoms with Gasteiger partial charge in [-0.25, -0.2) is 0 Å². The summed E-state index contributed by atoms with van der Waals surface area (Å²) < 4.78 is 4.58. The van der Waals surface area contributed by atoms with E-state index in [1.54, 1.807) is 0 Å². The number of ether oxygens (including phenoxy) is 1. The van der Waals surface area contributed by atoms with Crippen LogP contribution in [0.15, 0.2) is 24.3 Å². The minimum absolute atomic E-state index is 0.162. The maximum atomic E-state index is 10.9. The molecule has 0 atom stereocenters. The average molecular weight is 319 g/mol. The second-order valence-electron chi connectivity index (χ2n) is 4.80. The number of hydrogen-bond donors (Lipinski definition) is 2. The molecule has 0 amide bonds. The fourth-order valence-electron chi connectivity index (χ4n) is 1.85. The molecule has 2 N–H and O–H groups in total. The molecule has 0 radical (unpaired) electrons. The largest absolute Gasteiger partial charge is 0.469 e. The van der Waals surface area contributed by atoms with Gasteiger partial charge in [0.2, 0.25) is 0 Å². The van der Waals surface area contributed by atoms with Crippen molar-refractivity contribution in [2.24, 2.45) is 0 Å². The molecule has 0 spiro atoms. The van der Waals surface area contributed by atoms with Crippen molar-refractivity contribution < 1.29 is 9.53 Å². The molecule has 0 aliphatic rings. The van der Waals surface area contributed by atoms with Crippen molar-refractivity contribution in [1.29, 1.82) is 5.26 Å². The molecule has 1 aromatic rings. The van der Waals surface area contributed by atoms with E-state index in [-0.39, 0.29) is 5.97 Å². The van der Waals surface area contributed by atoms with Crippen molar-refractivity contribution in [3.05, 3.63) is 29.8 Å². The first-order valence-corrected chi connectivity index (χ1v) is 7.64. The van der Waals surface area contributed by atoms with Crippen LogP contribution in [0.4, 0.5) is 5.69 Å². The maximum Gasteiger partial charge on any atom is 0.305 e. The minimum Gasteiger partial charge on any atom is -0.469 e. The summed E-state index contributed by atoms with van der Waals surface area (Å²) in [5.74, 6) is -0.162. The van der Waals surface area contributed by atoms with E-state index in [0.717, 1.165) is 37.1 Å². The van der Waals surface area contributed by atoms with Gasteiger partial charge in [0.1, 0.15) is 0 Å². The predicted octanol–water partition coefficient (Wildman–Crippen LogP) is 2.77. The molecule has 1 aromatic carbocycles. The van der Waals surface area contributed by atoms with Crippen molar-refractivity contribution in [3.8, 4) is 6.07 Å². The number of unbranched alkanes of at least 4 members (excludes halogenated alkanes) is 2. The van der Waals surface area contributed by atoms with E-state index >= 15 is 0 Å². The van der Waals surface area contributed by atoms with Crippen LogP contribution in [0.1, 0.15) is 31.2 Å². The van der Waals surface area contributed by atoms with E-state index in [1.807, 2.05) is 24.3 Å². The van der Waals surface area contributed by atoms with Crippen LogP contribution >= 0.6 is 12.2 Å². The van der Waals surface area contributed by atoms with Crippen LogP contribution in [0.5, 0.6) is 0 Å². The van der Waals surface area contributed by atoms with Gasteiger partial charge in [-0.3, -0.25) is 4.79 Å². The monoisotopic (exact) mass is 319 g/mol. The Morgan fingerprint density at radius 2 is 2.00 bits per heavy atom. The second kappa shape index (κ2) is 10.6. The van der Waals surface area contributed by atoms with Crippen LogP contribution in [0.2, 0.25) is 0 Å². The first-order chi connectivity index (χ1) is 10.7. The number of methoxy groups -OCH3 is 1. The lowest BCUT2D eigenvalue weighted by molar-refractivity contribution is -0.140. The van der Waals surface area contributed by atoms with Crippen LogP contribution in [-0.2, 0) is 16.0 Å². The first kappa shape index (κ1) is 17.9. The standard InChI is InChI=1S/C16H21N3O2S/c1-21-15(20)5-3-2-4-12-18-16(22)19-14-8-6-13(7-9-14)10-11-17/h6-9H,2-5,10,12H2,1H3,(H2,18,19,22). The first-order valence-electron chi connectivity index (χ1n) is 7.23. The number of carbonyl (C=O) groups excluding carboxylic acids is 1. The van der Waals surface area contributed by atoms with Crippen LogP contribution in [0.25, 0.3) is 0 Å². The Balaban J connectivity index is 2.15. The molecule has 5 nitrogen and oxygen atoms in total. The molecule has 0 aromatic heterocycles. The van der Waals surface area contributed by atoms with E-state index in [9.17, 15) is 4.79 Å². The molecule has 0 aliphatic carbocycles. The van der Waals surface area contributed by atoms with E-state index in [0.29, 0.717) is 18.0 Å². The number of benzene rings is 1. The fraction of sp³-hybridized carbons (Fsp3) is 0.438. The number of nitrogens with one attached hydrogen (secondary N) is 2. The summed E-state index contributed by atoms with van der Waals surface area (Å²) in [5.41, 5.74) is 1.88. The highest BCUT2D eigenvalue weighted by Crippen LogP contribution is 2.09. The third kappa shape index (κ3) is 7.60. The van der Waals surface area contributed by atoms with Gasteiger partial charge >= 0.3 is 5.97 Å². The van der Waals surface area contributed by atoms with Crippen LogP contribution in [0, 0.1) is 11.3 Å². The SMILES string of the molecule is COC(=O)CCCCCNC(=S)Nc1ccc(CC#N)cc1. The quantitative estimate of drug-likeness (QED) is 0.436. The van der Waals surface area contributed by atoms with E-state index in [1.165, 1.54) is 7.11 Å². The smallest absolute Gasteiger partial charge is 0.305 e. The Bertz CT molecular complexity index is 523. The van der Waals surface area contributed by atoms with Gasteiger partial charge in [0.25, 0.3) is 0 Å². The summed E-state index contributed by atoms with van der Waals surface area (Å²) in [7, 11) is 1.40. The Morgan fingerprint density at radius 3 is 2.64 bits per heavy atom. The Labute approximate surface area is 136 Å². The highest BCUT2D eigenvalue weighted by atomic mass is 32.1. The highest BCUT2D eigenvalue weighted by molar-refractivity contribution is 7.80. The average Bonchev–Trinajstić information content (AvgIpc) is 2.52. The second-order valence-corrected chi connectivity index (χ2v) is 5.21. The van der Waals surface area contributed by atoms with Crippen molar-refractivity contribution in [3.63, 3.8) is 0 Å². The number of nitriles is 1. The van der Waals surface area contributed by atoms with Crippen molar-refractivity contribution in [2.45, 2.75) is 32.1 Å². The topological polar surface area (TPSA) is 74.2 Å². The number of anilines is 1. The van der Waals surface area contributed by atoms with Gasteiger partial charge in [-0.15, -0.1) is 0 Å². The van der Waals surface area contributed by atoms with Gasteiger partial charge < -0.3 is 15.4 Å². The zero-order valence-electron chi connectivity index (χ0n) is 12.7. The summed E-state index contributed by atoms with van der Waals surface area (Å²) in [6, 6.07) is 9.72. The molecule has 22 heavy (non-hydrogen) atoms. The molecular formula is C16H21N3O2S. The molecule has 0 unspecified atom stereocenters. The number of carbonyl (C=O) groups is 1. The highest BCUT2D eigenvalue weighted by Gasteiger charge is 2.00. The molecule has 1 rings (SSSR count). The molecular weight excluding hydrogens is 298 g/mol. The Morgan fingerprint density at radius 1 is 1.27 bits per heavy atom. The lowest BCUT2D eigenvalue weighted by atomic mass is 10.1. The van der Waals surface area contributed by atoms with E-state index in [4.69, 9.17) is 17.5 Å². The lowest BCUT2D eigenvalue weighted by Gasteiger charge is -2.10. The number of nitrogens with zero attached hydrogens (tertiary/aromatic N) is 1. The Hall–Kier alpha value is -2.13.